The van der Waals surface area contributed by atoms with Gasteiger partial charge in [-0.25, -0.2) is 13.2 Å². The highest BCUT2D eigenvalue weighted by atomic mass is 32.2. The van der Waals surface area contributed by atoms with Gasteiger partial charge in [-0.3, -0.25) is 0 Å². The first-order valence-electron chi connectivity index (χ1n) is 6.76. The Kier molecular flexibility index (Phi) is 4.83. The van der Waals surface area contributed by atoms with Gasteiger partial charge in [-0.15, -0.1) is 0 Å². The number of anilines is 1. The van der Waals surface area contributed by atoms with Crippen molar-refractivity contribution in [2.24, 2.45) is 0 Å². The number of nitrogens with zero attached hydrogens (tertiary/aromatic N) is 1. The monoisotopic (exact) mass is 329 g/mol. The van der Waals surface area contributed by atoms with Crippen molar-refractivity contribution in [2.45, 2.75) is 19.2 Å². The van der Waals surface area contributed by atoms with E-state index in [-0.39, 0.29) is 11.3 Å². The quantitative estimate of drug-likeness (QED) is 0.911. The van der Waals surface area contributed by atoms with Crippen LogP contribution in [0.15, 0.2) is 18.2 Å². The van der Waals surface area contributed by atoms with Crippen molar-refractivity contribution in [3.63, 3.8) is 0 Å². The number of carboxylic acid groups (broad SMARTS) is 1. The van der Waals surface area contributed by atoms with E-state index >= 15 is 0 Å². The Balaban J connectivity index is 2.50. The smallest absolute Gasteiger partial charge is 0.337 e. The molecule has 7 heteroatoms. The molecule has 1 aromatic carbocycles. The van der Waals surface area contributed by atoms with Gasteiger partial charge < -0.3 is 10.0 Å². The molecule has 116 valence electrons. The van der Waals surface area contributed by atoms with Crippen molar-refractivity contribution in [1.82, 2.24) is 0 Å². The number of aryl methyl sites for hydroxylation is 1. The molecule has 1 heterocycles. The number of carbonyl (C=O) groups is 1. The Bertz CT molecular complexity index is 642. The highest BCUT2D eigenvalue weighted by Crippen LogP contribution is 2.30. The Hall–Kier alpha value is -1.21. The molecule has 1 atom stereocenters. The average Bonchev–Trinajstić information content (AvgIpc) is 2.47. The number of carboxylic acids is 1. The van der Waals surface area contributed by atoms with E-state index in [1.54, 1.807) is 35.7 Å². The molecule has 0 amide bonds. The molecule has 2 rings (SSSR count). The number of hydrogen-bond donors (Lipinski definition) is 1. The summed E-state index contributed by atoms with van der Waals surface area (Å²) in [5.74, 6) is 0.300. The molecule has 0 spiro atoms. The number of thioether (sulfide) groups is 1. The van der Waals surface area contributed by atoms with Crippen molar-refractivity contribution in [3.05, 3.63) is 29.3 Å². The van der Waals surface area contributed by atoms with Gasteiger partial charge in [-0.1, -0.05) is 18.6 Å². The molecule has 0 radical (unpaired) electrons. The topological polar surface area (TPSA) is 74.7 Å². The Labute approximate surface area is 129 Å². The maximum Gasteiger partial charge on any atom is 0.337 e. The predicted octanol–water partition coefficient (Wildman–Crippen LogP) is 2.01. The second-order valence-electron chi connectivity index (χ2n) is 5.00. The van der Waals surface area contributed by atoms with Crippen LogP contribution in [0.1, 0.15) is 22.8 Å². The first-order valence-corrected chi connectivity index (χ1v) is 9.63. The molecule has 1 aliphatic rings. The minimum Gasteiger partial charge on any atom is -0.478 e. The average molecular weight is 329 g/mol. The maximum atomic E-state index is 12.3. The Morgan fingerprint density at radius 1 is 1.48 bits per heavy atom. The molecule has 1 aliphatic heterocycles. The molecular weight excluding hydrogens is 310 g/mol. The van der Waals surface area contributed by atoms with Crippen LogP contribution in [-0.4, -0.2) is 48.7 Å². The van der Waals surface area contributed by atoms with Crippen LogP contribution in [0, 0.1) is 6.92 Å². The lowest BCUT2D eigenvalue weighted by molar-refractivity contribution is 0.0697. The number of benzene rings is 1. The molecular formula is C14H19NO4S2. The fourth-order valence-electron chi connectivity index (χ4n) is 2.42. The molecule has 0 saturated carbocycles. The molecule has 1 aromatic rings. The minimum absolute atomic E-state index is 0.0585. The zero-order chi connectivity index (χ0) is 15.6. The lowest BCUT2D eigenvalue weighted by Gasteiger charge is -2.37. The van der Waals surface area contributed by atoms with Crippen LogP contribution in [-0.2, 0) is 9.84 Å². The van der Waals surface area contributed by atoms with E-state index in [1.807, 2.05) is 13.0 Å². The number of sulfone groups is 1. The third-order valence-corrected chi connectivity index (χ3v) is 6.88. The summed E-state index contributed by atoms with van der Waals surface area (Å²) < 4.78 is 24.6. The fraction of sp³-hybridized carbons (Fsp3) is 0.500. The summed E-state index contributed by atoms with van der Waals surface area (Å²) in [6, 6.07) is 5.13. The molecule has 5 nitrogen and oxygen atoms in total. The molecule has 1 fully saturated rings. The minimum atomic E-state index is -3.26. The standard InChI is InChI=1S/C14H19NO4S2/c1-3-21(18,19)13-9-20-7-6-15(13)12-5-4-10(2)8-11(12)14(16)17/h4-5,8,13H,3,6-7,9H2,1-2H3,(H,16,17). The van der Waals surface area contributed by atoms with Gasteiger partial charge in [0.25, 0.3) is 0 Å². The molecule has 0 aromatic heterocycles. The molecule has 1 unspecified atom stereocenters. The summed E-state index contributed by atoms with van der Waals surface area (Å²) in [5, 5.41) is 8.73. The summed E-state index contributed by atoms with van der Waals surface area (Å²) in [6.07, 6.45) is 0. The first-order chi connectivity index (χ1) is 9.86. The summed E-state index contributed by atoms with van der Waals surface area (Å²) in [6.45, 7) is 3.99. The van der Waals surface area contributed by atoms with Crippen molar-refractivity contribution in [2.75, 3.05) is 28.7 Å². The molecule has 21 heavy (non-hydrogen) atoms. The van der Waals surface area contributed by atoms with Crippen molar-refractivity contribution in [1.29, 1.82) is 0 Å². The lowest BCUT2D eigenvalue weighted by Crippen LogP contribution is -2.48. The van der Waals surface area contributed by atoms with Gasteiger partial charge in [0.2, 0.25) is 0 Å². The number of rotatable bonds is 4. The van der Waals surface area contributed by atoms with Crippen LogP contribution in [0.5, 0.6) is 0 Å². The fourth-order valence-corrected chi connectivity index (χ4v) is 5.40. The van der Waals surface area contributed by atoms with Crippen LogP contribution < -0.4 is 4.90 Å². The van der Waals surface area contributed by atoms with Crippen LogP contribution in [0.3, 0.4) is 0 Å². The molecule has 1 N–H and O–H groups in total. The summed E-state index contributed by atoms with van der Waals surface area (Å²) in [4.78, 5) is 13.2. The Morgan fingerprint density at radius 2 is 2.19 bits per heavy atom. The van der Waals surface area contributed by atoms with Gasteiger partial charge in [-0.05, 0) is 19.1 Å². The SMILES string of the molecule is CCS(=O)(=O)C1CSCCN1c1ccc(C)cc1C(=O)O. The summed E-state index contributed by atoms with van der Waals surface area (Å²) in [7, 11) is -3.26. The van der Waals surface area contributed by atoms with E-state index in [0.29, 0.717) is 18.0 Å². The number of aromatic carboxylic acids is 1. The highest BCUT2D eigenvalue weighted by molar-refractivity contribution is 8.01. The summed E-state index contributed by atoms with van der Waals surface area (Å²) >= 11 is 1.59. The van der Waals surface area contributed by atoms with E-state index in [2.05, 4.69) is 0 Å². The van der Waals surface area contributed by atoms with E-state index in [1.165, 1.54) is 0 Å². The van der Waals surface area contributed by atoms with Crippen LogP contribution in [0.2, 0.25) is 0 Å². The van der Waals surface area contributed by atoms with E-state index in [9.17, 15) is 18.3 Å². The summed E-state index contributed by atoms with van der Waals surface area (Å²) in [5.41, 5.74) is 1.51. The van der Waals surface area contributed by atoms with Crippen molar-refractivity contribution >= 4 is 33.3 Å². The van der Waals surface area contributed by atoms with E-state index in [0.717, 1.165) is 11.3 Å². The normalized spacial score (nSPS) is 19.5. The van der Waals surface area contributed by atoms with Crippen molar-refractivity contribution < 1.29 is 18.3 Å². The van der Waals surface area contributed by atoms with Gasteiger partial charge in [-0.2, -0.15) is 11.8 Å². The maximum absolute atomic E-state index is 12.3. The van der Waals surface area contributed by atoms with E-state index in [4.69, 9.17) is 0 Å². The zero-order valence-corrected chi connectivity index (χ0v) is 13.7. The molecule has 1 saturated heterocycles. The van der Waals surface area contributed by atoms with Crippen LogP contribution in [0.25, 0.3) is 0 Å². The molecule has 0 bridgehead atoms. The highest BCUT2D eigenvalue weighted by Gasteiger charge is 2.34. The van der Waals surface area contributed by atoms with Gasteiger partial charge in [0.05, 0.1) is 11.3 Å². The van der Waals surface area contributed by atoms with Gasteiger partial charge in [0.15, 0.2) is 9.84 Å². The largest absolute Gasteiger partial charge is 0.478 e. The zero-order valence-electron chi connectivity index (χ0n) is 12.1. The third-order valence-electron chi connectivity index (χ3n) is 3.59. The lowest BCUT2D eigenvalue weighted by atomic mass is 10.1. The van der Waals surface area contributed by atoms with Gasteiger partial charge in [0, 0.05) is 23.8 Å². The molecule has 0 aliphatic carbocycles. The van der Waals surface area contributed by atoms with Crippen LogP contribution in [0.4, 0.5) is 5.69 Å². The second kappa shape index (κ2) is 6.27. The van der Waals surface area contributed by atoms with Crippen molar-refractivity contribution in [3.8, 4) is 0 Å². The predicted molar refractivity (Wildman–Crippen MR) is 86.1 cm³/mol. The first kappa shape index (κ1) is 16.2. The third kappa shape index (κ3) is 3.35. The van der Waals surface area contributed by atoms with E-state index < -0.39 is 21.2 Å². The Morgan fingerprint density at radius 3 is 2.81 bits per heavy atom. The van der Waals surface area contributed by atoms with Gasteiger partial charge >= 0.3 is 5.97 Å². The van der Waals surface area contributed by atoms with Gasteiger partial charge in [0.1, 0.15) is 5.37 Å². The second-order valence-corrected chi connectivity index (χ2v) is 8.60. The number of hydrogen-bond acceptors (Lipinski definition) is 5. The van der Waals surface area contributed by atoms with Crippen LogP contribution >= 0.6 is 11.8 Å².